The van der Waals surface area contributed by atoms with Gasteiger partial charge < -0.3 is 4.90 Å². The predicted octanol–water partition coefficient (Wildman–Crippen LogP) is 1.71. The average Bonchev–Trinajstić information content (AvgIpc) is 3.04. The molecular formula is C19H19N5O2. The van der Waals surface area contributed by atoms with Gasteiger partial charge in [0.2, 0.25) is 0 Å². The maximum atomic E-state index is 13.1. The molecule has 7 heteroatoms. The third-order valence-electron chi connectivity index (χ3n) is 4.68. The fourth-order valence-corrected chi connectivity index (χ4v) is 3.40. The molecular weight excluding hydrogens is 330 g/mol. The monoisotopic (exact) mass is 349 g/mol. The summed E-state index contributed by atoms with van der Waals surface area (Å²) < 4.78 is 3.13. The SMILES string of the molecule is CCn1nc2n(c1=O)CCN(C(=O)c1ccncc1)C2c1ccccc1. The highest BCUT2D eigenvalue weighted by Crippen LogP contribution is 2.31. The van der Waals surface area contributed by atoms with Gasteiger partial charge in [-0.15, -0.1) is 0 Å². The van der Waals surface area contributed by atoms with Gasteiger partial charge >= 0.3 is 5.69 Å². The van der Waals surface area contributed by atoms with Crippen molar-refractivity contribution in [2.24, 2.45) is 0 Å². The Kier molecular flexibility index (Phi) is 4.12. The van der Waals surface area contributed by atoms with Crippen LogP contribution in [-0.2, 0) is 13.1 Å². The number of fused-ring (bicyclic) bond motifs is 1. The molecule has 1 unspecified atom stereocenters. The molecule has 2 aromatic heterocycles. The summed E-state index contributed by atoms with van der Waals surface area (Å²) in [5.74, 6) is 0.516. The number of nitrogens with zero attached hydrogens (tertiary/aromatic N) is 5. The molecule has 3 aromatic rings. The van der Waals surface area contributed by atoms with Crippen molar-refractivity contribution in [2.45, 2.75) is 26.1 Å². The largest absolute Gasteiger partial charge is 0.346 e. The van der Waals surface area contributed by atoms with Crippen molar-refractivity contribution >= 4 is 5.91 Å². The molecule has 0 bridgehead atoms. The molecule has 0 radical (unpaired) electrons. The van der Waals surface area contributed by atoms with Gasteiger partial charge in [-0.05, 0) is 24.6 Å². The normalized spacial score (nSPS) is 16.3. The number of hydrogen-bond acceptors (Lipinski definition) is 4. The van der Waals surface area contributed by atoms with Crippen LogP contribution in [0.15, 0.2) is 59.7 Å². The number of carbonyl (C=O) groups is 1. The molecule has 0 saturated carbocycles. The van der Waals surface area contributed by atoms with Crippen molar-refractivity contribution in [3.05, 3.63) is 82.3 Å². The Morgan fingerprint density at radius 3 is 2.54 bits per heavy atom. The fourth-order valence-electron chi connectivity index (χ4n) is 3.40. The summed E-state index contributed by atoms with van der Waals surface area (Å²) in [6.07, 6.45) is 3.22. The van der Waals surface area contributed by atoms with Crippen molar-refractivity contribution in [2.75, 3.05) is 6.54 Å². The zero-order valence-corrected chi connectivity index (χ0v) is 14.4. The molecule has 0 spiro atoms. The van der Waals surface area contributed by atoms with Gasteiger partial charge in [0.15, 0.2) is 5.82 Å². The molecule has 26 heavy (non-hydrogen) atoms. The van der Waals surface area contributed by atoms with E-state index >= 15 is 0 Å². The summed E-state index contributed by atoms with van der Waals surface area (Å²) in [5.41, 5.74) is 1.38. The number of rotatable bonds is 3. The number of amides is 1. The molecule has 1 aromatic carbocycles. The van der Waals surface area contributed by atoms with Crippen molar-refractivity contribution in [3.63, 3.8) is 0 Å². The Bertz CT molecular complexity index is 978. The minimum absolute atomic E-state index is 0.0917. The first-order chi connectivity index (χ1) is 12.7. The van der Waals surface area contributed by atoms with E-state index in [1.54, 1.807) is 34.0 Å². The van der Waals surface area contributed by atoms with E-state index in [0.717, 1.165) is 5.56 Å². The van der Waals surface area contributed by atoms with Crippen LogP contribution < -0.4 is 5.69 Å². The highest BCUT2D eigenvalue weighted by Gasteiger charge is 2.36. The molecule has 132 valence electrons. The van der Waals surface area contributed by atoms with Gasteiger partial charge in [0.1, 0.15) is 6.04 Å². The van der Waals surface area contributed by atoms with Gasteiger partial charge in [-0.25, -0.2) is 9.48 Å². The van der Waals surface area contributed by atoms with Crippen molar-refractivity contribution in [3.8, 4) is 0 Å². The summed E-state index contributed by atoms with van der Waals surface area (Å²) in [4.78, 5) is 31.4. The van der Waals surface area contributed by atoms with Crippen LogP contribution in [0.3, 0.4) is 0 Å². The Morgan fingerprint density at radius 2 is 1.85 bits per heavy atom. The van der Waals surface area contributed by atoms with Crippen LogP contribution in [0.25, 0.3) is 0 Å². The quantitative estimate of drug-likeness (QED) is 0.721. The summed E-state index contributed by atoms with van der Waals surface area (Å²) in [7, 11) is 0. The second kappa shape index (κ2) is 6.59. The third-order valence-corrected chi connectivity index (χ3v) is 4.68. The van der Waals surface area contributed by atoms with Crippen molar-refractivity contribution in [1.29, 1.82) is 0 Å². The standard InChI is InChI=1S/C19H19N5O2/c1-2-24-19(26)23-13-12-22(18(25)15-8-10-20-11-9-15)16(17(23)21-24)14-6-4-3-5-7-14/h3-11,16H,2,12-13H2,1H3. The van der Waals surface area contributed by atoms with E-state index in [-0.39, 0.29) is 11.6 Å². The zero-order valence-electron chi connectivity index (χ0n) is 14.4. The smallest absolute Gasteiger partial charge is 0.322 e. The number of aryl methyl sites for hydroxylation is 1. The van der Waals surface area contributed by atoms with Gasteiger partial charge in [-0.3, -0.25) is 14.3 Å². The first-order valence-electron chi connectivity index (χ1n) is 8.64. The lowest BCUT2D eigenvalue weighted by molar-refractivity contribution is 0.0657. The molecule has 0 aliphatic carbocycles. The Balaban J connectivity index is 1.84. The van der Waals surface area contributed by atoms with Crippen LogP contribution in [-0.4, -0.2) is 36.7 Å². The minimum atomic E-state index is -0.397. The first kappa shape index (κ1) is 16.3. The third kappa shape index (κ3) is 2.61. The van der Waals surface area contributed by atoms with E-state index in [1.807, 2.05) is 37.3 Å². The molecule has 1 aliphatic heterocycles. The summed E-state index contributed by atoms with van der Waals surface area (Å²) in [5, 5.41) is 4.51. The van der Waals surface area contributed by atoms with E-state index < -0.39 is 6.04 Å². The molecule has 0 fully saturated rings. The minimum Gasteiger partial charge on any atom is -0.322 e. The highest BCUT2D eigenvalue weighted by atomic mass is 16.2. The Hall–Kier alpha value is -3.22. The van der Waals surface area contributed by atoms with E-state index in [9.17, 15) is 9.59 Å². The topological polar surface area (TPSA) is 73.0 Å². The Morgan fingerprint density at radius 1 is 1.12 bits per heavy atom. The lowest BCUT2D eigenvalue weighted by Crippen LogP contribution is -2.44. The second-order valence-electron chi connectivity index (χ2n) is 6.16. The predicted molar refractivity (Wildman–Crippen MR) is 95.7 cm³/mol. The molecule has 0 N–H and O–H groups in total. The molecule has 1 atom stereocenters. The summed E-state index contributed by atoms with van der Waals surface area (Å²) in [6.45, 7) is 3.27. The number of hydrogen-bond donors (Lipinski definition) is 0. The van der Waals surface area contributed by atoms with Crippen LogP contribution in [0.2, 0.25) is 0 Å². The van der Waals surface area contributed by atoms with Crippen LogP contribution in [0.1, 0.15) is 34.7 Å². The van der Waals surface area contributed by atoms with Gasteiger partial charge in [0.25, 0.3) is 5.91 Å². The number of pyridine rings is 1. The van der Waals surface area contributed by atoms with Crippen LogP contribution in [0, 0.1) is 0 Å². The zero-order chi connectivity index (χ0) is 18.1. The first-order valence-corrected chi connectivity index (χ1v) is 8.64. The van der Waals surface area contributed by atoms with Crippen molar-refractivity contribution < 1.29 is 4.79 Å². The second-order valence-corrected chi connectivity index (χ2v) is 6.16. The maximum Gasteiger partial charge on any atom is 0.346 e. The molecule has 1 amide bonds. The average molecular weight is 349 g/mol. The lowest BCUT2D eigenvalue weighted by Gasteiger charge is -2.35. The summed E-state index contributed by atoms with van der Waals surface area (Å²) >= 11 is 0. The molecule has 0 saturated heterocycles. The van der Waals surface area contributed by atoms with Gasteiger partial charge in [0, 0.05) is 37.6 Å². The van der Waals surface area contributed by atoms with Crippen LogP contribution in [0.5, 0.6) is 0 Å². The highest BCUT2D eigenvalue weighted by molar-refractivity contribution is 5.94. The van der Waals surface area contributed by atoms with Crippen molar-refractivity contribution in [1.82, 2.24) is 24.2 Å². The molecule has 7 nitrogen and oxygen atoms in total. The number of aromatic nitrogens is 4. The van der Waals surface area contributed by atoms with E-state index in [4.69, 9.17) is 0 Å². The van der Waals surface area contributed by atoms with E-state index in [2.05, 4.69) is 10.1 Å². The maximum absolute atomic E-state index is 13.1. The summed E-state index contributed by atoms with van der Waals surface area (Å²) in [6, 6.07) is 12.7. The fraction of sp³-hybridized carbons (Fsp3) is 0.263. The molecule has 1 aliphatic rings. The Labute approximate surface area is 150 Å². The number of carbonyl (C=O) groups excluding carboxylic acids is 1. The molecule has 4 rings (SSSR count). The van der Waals surface area contributed by atoms with Gasteiger partial charge in [-0.1, -0.05) is 30.3 Å². The molecule has 3 heterocycles. The number of benzene rings is 1. The van der Waals surface area contributed by atoms with E-state index in [1.165, 1.54) is 4.68 Å². The van der Waals surface area contributed by atoms with Crippen LogP contribution in [0.4, 0.5) is 0 Å². The van der Waals surface area contributed by atoms with E-state index in [0.29, 0.717) is 31.0 Å². The lowest BCUT2D eigenvalue weighted by atomic mass is 10.0. The van der Waals surface area contributed by atoms with Crippen LogP contribution >= 0.6 is 0 Å². The van der Waals surface area contributed by atoms with Gasteiger partial charge in [0.05, 0.1) is 0 Å². The van der Waals surface area contributed by atoms with Gasteiger partial charge in [-0.2, -0.15) is 5.10 Å².